The molecule has 1 aliphatic carbocycles. The molecule has 7 nitrogen and oxygen atoms in total. The third-order valence-corrected chi connectivity index (χ3v) is 5.27. The van der Waals surface area contributed by atoms with Gasteiger partial charge in [0.05, 0.1) is 35.8 Å². The molecule has 3 aromatic rings. The number of nitrogens with zero attached hydrogens (tertiary/aromatic N) is 4. The molecular formula is C21H22N6O. The minimum Gasteiger partial charge on any atom is -0.490 e. The van der Waals surface area contributed by atoms with Gasteiger partial charge in [-0.3, -0.25) is 10.1 Å². The number of amidine groups is 1. The van der Waals surface area contributed by atoms with Crippen molar-refractivity contribution in [3.05, 3.63) is 48.0 Å². The van der Waals surface area contributed by atoms with Crippen LogP contribution in [0.15, 0.2) is 41.7 Å². The summed E-state index contributed by atoms with van der Waals surface area (Å²) in [6, 6.07) is 7.85. The fourth-order valence-corrected chi connectivity index (χ4v) is 3.81. The number of fused-ring (bicyclic) bond motifs is 1. The van der Waals surface area contributed by atoms with Crippen molar-refractivity contribution in [2.45, 2.75) is 45.1 Å². The molecule has 0 unspecified atom stereocenters. The van der Waals surface area contributed by atoms with Gasteiger partial charge in [-0.25, -0.2) is 9.98 Å². The van der Waals surface area contributed by atoms with E-state index in [1.54, 1.807) is 12.4 Å². The maximum atomic E-state index is 6.06. The highest BCUT2D eigenvalue weighted by molar-refractivity contribution is 6.03. The van der Waals surface area contributed by atoms with Gasteiger partial charge in [-0.05, 0) is 50.8 Å². The summed E-state index contributed by atoms with van der Waals surface area (Å²) in [4.78, 5) is 13.8. The number of aromatic amines is 1. The van der Waals surface area contributed by atoms with Crippen LogP contribution < -0.4 is 10.1 Å². The summed E-state index contributed by atoms with van der Waals surface area (Å²) in [5.74, 6) is 2.33. The van der Waals surface area contributed by atoms with Gasteiger partial charge in [0, 0.05) is 23.5 Å². The van der Waals surface area contributed by atoms with Crippen LogP contribution in [0.3, 0.4) is 0 Å². The van der Waals surface area contributed by atoms with Crippen LogP contribution >= 0.6 is 0 Å². The molecule has 0 bridgehead atoms. The summed E-state index contributed by atoms with van der Waals surface area (Å²) in [5.41, 5.74) is 4.91. The number of aryl methyl sites for hydroxylation is 1. The van der Waals surface area contributed by atoms with Crippen molar-refractivity contribution in [3.8, 4) is 17.0 Å². The van der Waals surface area contributed by atoms with E-state index >= 15 is 0 Å². The molecular weight excluding hydrogens is 352 g/mol. The molecule has 28 heavy (non-hydrogen) atoms. The van der Waals surface area contributed by atoms with E-state index < -0.39 is 0 Å². The van der Waals surface area contributed by atoms with Crippen molar-refractivity contribution in [1.82, 2.24) is 20.2 Å². The van der Waals surface area contributed by atoms with Crippen molar-refractivity contribution in [3.63, 3.8) is 0 Å². The van der Waals surface area contributed by atoms with E-state index in [1.807, 2.05) is 31.2 Å². The summed E-state index contributed by atoms with van der Waals surface area (Å²) in [7, 11) is 0. The average molecular weight is 374 g/mol. The van der Waals surface area contributed by atoms with Crippen LogP contribution in [0.1, 0.15) is 37.1 Å². The zero-order valence-corrected chi connectivity index (χ0v) is 15.8. The molecule has 142 valence electrons. The van der Waals surface area contributed by atoms with Crippen molar-refractivity contribution < 1.29 is 4.74 Å². The van der Waals surface area contributed by atoms with Crippen LogP contribution in [-0.4, -0.2) is 32.1 Å². The lowest BCUT2D eigenvalue weighted by molar-refractivity contribution is 0.210. The van der Waals surface area contributed by atoms with Gasteiger partial charge in [-0.2, -0.15) is 5.10 Å². The van der Waals surface area contributed by atoms with Crippen LogP contribution in [0.25, 0.3) is 11.3 Å². The first-order chi connectivity index (χ1) is 13.7. The first-order valence-corrected chi connectivity index (χ1v) is 9.72. The number of aromatic nitrogens is 4. The summed E-state index contributed by atoms with van der Waals surface area (Å²) < 4.78 is 6.06. The van der Waals surface area contributed by atoms with Gasteiger partial charge in [0.2, 0.25) is 0 Å². The minimum absolute atomic E-state index is 0.325. The highest BCUT2D eigenvalue weighted by Gasteiger charge is 2.20. The SMILES string of the molecule is Cc1[nH]ncc1-c1ccc2c(n1)CC(=Nc1cc(OC3CCCC3)ccn1)N2. The molecule has 0 atom stereocenters. The highest BCUT2D eigenvalue weighted by atomic mass is 16.5. The smallest absolute Gasteiger partial charge is 0.157 e. The zero-order valence-electron chi connectivity index (χ0n) is 15.8. The highest BCUT2D eigenvalue weighted by Crippen LogP contribution is 2.29. The van der Waals surface area contributed by atoms with Crippen molar-refractivity contribution in [1.29, 1.82) is 0 Å². The molecule has 1 fully saturated rings. The Bertz CT molecular complexity index is 1030. The van der Waals surface area contributed by atoms with Gasteiger partial charge in [-0.1, -0.05) is 0 Å². The lowest BCUT2D eigenvalue weighted by Crippen LogP contribution is -2.10. The summed E-state index contributed by atoms with van der Waals surface area (Å²) in [5, 5.41) is 10.4. The topological polar surface area (TPSA) is 88.1 Å². The second-order valence-electron chi connectivity index (χ2n) is 7.33. The van der Waals surface area contributed by atoms with Crippen molar-refractivity contribution >= 4 is 17.3 Å². The lowest BCUT2D eigenvalue weighted by atomic mass is 10.1. The fraction of sp³-hybridized carbons (Fsp3) is 0.333. The Hall–Kier alpha value is -3.22. The molecule has 3 aromatic heterocycles. The van der Waals surface area contributed by atoms with Crippen LogP contribution in [0.5, 0.6) is 5.75 Å². The summed E-state index contributed by atoms with van der Waals surface area (Å²) in [6.45, 7) is 1.99. The molecule has 0 spiro atoms. The van der Waals surface area contributed by atoms with Crippen LogP contribution in [0, 0.1) is 6.92 Å². The first-order valence-electron chi connectivity index (χ1n) is 9.72. The Morgan fingerprint density at radius 1 is 1.18 bits per heavy atom. The number of H-pyrrole nitrogens is 1. The number of pyridine rings is 2. The molecule has 1 aliphatic heterocycles. The molecule has 0 aromatic carbocycles. The summed E-state index contributed by atoms with van der Waals surface area (Å²) >= 11 is 0. The van der Waals surface area contributed by atoms with E-state index in [2.05, 4.69) is 25.5 Å². The maximum absolute atomic E-state index is 6.06. The van der Waals surface area contributed by atoms with Gasteiger partial charge in [0.15, 0.2) is 5.82 Å². The van der Waals surface area contributed by atoms with E-state index in [9.17, 15) is 0 Å². The number of ether oxygens (including phenoxy) is 1. The molecule has 2 N–H and O–H groups in total. The van der Waals surface area contributed by atoms with E-state index in [-0.39, 0.29) is 0 Å². The molecule has 1 saturated carbocycles. The predicted molar refractivity (Wildman–Crippen MR) is 108 cm³/mol. The Morgan fingerprint density at radius 2 is 2.07 bits per heavy atom. The Balaban J connectivity index is 1.34. The first kappa shape index (κ1) is 16.9. The second-order valence-corrected chi connectivity index (χ2v) is 7.33. The van der Waals surface area contributed by atoms with Crippen LogP contribution in [-0.2, 0) is 6.42 Å². The van der Waals surface area contributed by atoms with Crippen molar-refractivity contribution in [2.24, 2.45) is 4.99 Å². The third-order valence-electron chi connectivity index (χ3n) is 5.27. The maximum Gasteiger partial charge on any atom is 0.157 e. The van der Waals surface area contributed by atoms with Crippen LogP contribution in [0.2, 0.25) is 0 Å². The van der Waals surface area contributed by atoms with E-state index in [0.717, 1.165) is 52.8 Å². The van der Waals surface area contributed by atoms with Crippen LogP contribution in [0.4, 0.5) is 11.5 Å². The zero-order chi connectivity index (χ0) is 18.9. The quantitative estimate of drug-likeness (QED) is 0.715. The van der Waals surface area contributed by atoms with Crippen molar-refractivity contribution in [2.75, 3.05) is 5.32 Å². The minimum atomic E-state index is 0.325. The average Bonchev–Trinajstić information content (AvgIpc) is 3.42. The van der Waals surface area contributed by atoms with Gasteiger partial charge in [0.1, 0.15) is 11.6 Å². The molecule has 7 heteroatoms. The largest absolute Gasteiger partial charge is 0.490 e. The molecule has 5 rings (SSSR count). The number of anilines is 1. The second kappa shape index (κ2) is 7.07. The Labute approximate surface area is 163 Å². The Kier molecular flexibility index (Phi) is 4.27. The lowest BCUT2D eigenvalue weighted by Gasteiger charge is -2.12. The number of hydrogen-bond donors (Lipinski definition) is 2. The third kappa shape index (κ3) is 3.35. The fourth-order valence-electron chi connectivity index (χ4n) is 3.81. The normalized spacial score (nSPS) is 17.7. The molecule has 0 amide bonds. The summed E-state index contributed by atoms with van der Waals surface area (Å²) in [6.07, 6.45) is 9.30. The number of nitrogens with one attached hydrogen (secondary N) is 2. The van der Waals surface area contributed by atoms with E-state index in [4.69, 9.17) is 9.72 Å². The predicted octanol–water partition coefficient (Wildman–Crippen LogP) is 4.19. The number of hydrogen-bond acceptors (Lipinski definition) is 5. The van der Waals surface area contributed by atoms with Gasteiger partial charge in [-0.15, -0.1) is 0 Å². The molecule has 0 saturated heterocycles. The van der Waals surface area contributed by atoms with Gasteiger partial charge >= 0.3 is 0 Å². The number of rotatable bonds is 4. The molecule has 0 radical (unpaired) electrons. The van der Waals surface area contributed by atoms with Gasteiger partial charge in [0.25, 0.3) is 0 Å². The Morgan fingerprint density at radius 3 is 2.89 bits per heavy atom. The van der Waals surface area contributed by atoms with E-state index in [1.165, 1.54) is 12.8 Å². The van der Waals surface area contributed by atoms with E-state index in [0.29, 0.717) is 18.3 Å². The number of aliphatic imine (C=N–C) groups is 1. The standard InChI is InChI=1S/C21H22N6O/c1-13-16(12-23-27-13)17-6-7-18-19(24-17)11-21(25-18)26-20-10-15(8-9-22-20)28-14-4-2-3-5-14/h6-10,12,14H,2-5,11H2,1H3,(H,23,27)(H,22,25,26). The van der Waals surface area contributed by atoms with Gasteiger partial charge < -0.3 is 10.1 Å². The molecule has 4 heterocycles. The molecule has 2 aliphatic rings. The monoisotopic (exact) mass is 374 g/mol.